The average molecular weight is 528 g/mol. The van der Waals surface area contributed by atoms with Crippen molar-refractivity contribution < 1.29 is 26.4 Å². The lowest BCUT2D eigenvalue weighted by molar-refractivity contribution is -0.0436. The van der Waals surface area contributed by atoms with Crippen LogP contribution in [0.5, 0.6) is 0 Å². The van der Waals surface area contributed by atoms with Gasteiger partial charge in [0, 0.05) is 16.8 Å². The quantitative estimate of drug-likeness (QED) is 0.539. The normalized spacial score (nSPS) is 12.7. The van der Waals surface area contributed by atoms with E-state index in [0.29, 0.717) is 23.0 Å². The third kappa shape index (κ3) is 5.34. The standard InChI is InChI=1S/C17H12Cl2F3N5O3S.H2S/c1-9(15-24-8-25-27(15)14-3-2-11(18)7-23-14)26-16(28)10-4-12(19)6-13(5-10)31(29,30)17(20,21)22;/h2-9H,1H3,(H,26,28);1H2/t9-;/m1./s1. The van der Waals surface area contributed by atoms with Crippen molar-refractivity contribution in [2.24, 2.45) is 0 Å². The van der Waals surface area contributed by atoms with E-state index in [2.05, 4.69) is 20.4 Å². The Hall–Kier alpha value is -2.35. The van der Waals surface area contributed by atoms with Crippen molar-refractivity contribution in [3.8, 4) is 5.82 Å². The molecule has 0 unspecified atom stereocenters. The Morgan fingerprint density at radius 2 is 1.81 bits per heavy atom. The second-order valence-corrected chi connectivity index (χ2v) is 9.00. The predicted molar refractivity (Wildman–Crippen MR) is 115 cm³/mol. The maximum absolute atomic E-state index is 12.8. The summed E-state index contributed by atoms with van der Waals surface area (Å²) in [5.41, 5.74) is -5.92. The van der Waals surface area contributed by atoms with Crippen molar-refractivity contribution in [3.05, 3.63) is 64.3 Å². The van der Waals surface area contributed by atoms with Crippen molar-refractivity contribution in [1.29, 1.82) is 0 Å². The molecule has 2 heterocycles. The summed E-state index contributed by atoms with van der Waals surface area (Å²) in [6.07, 6.45) is 2.61. The fourth-order valence-corrected chi connectivity index (χ4v) is 3.79. The molecule has 0 fully saturated rings. The lowest BCUT2D eigenvalue weighted by Gasteiger charge is -2.15. The van der Waals surface area contributed by atoms with Crippen molar-refractivity contribution in [3.63, 3.8) is 0 Å². The number of aromatic nitrogens is 4. The van der Waals surface area contributed by atoms with Gasteiger partial charge in [0.1, 0.15) is 6.33 Å². The Morgan fingerprint density at radius 3 is 2.41 bits per heavy atom. The molecular formula is C17H14Cl2F3N5O3S2. The second-order valence-electron chi connectivity index (χ2n) is 6.18. The number of halogens is 5. The molecule has 0 radical (unpaired) electrons. The highest BCUT2D eigenvalue weighted by molar-refractivity contribution is 7.92. The summed E-state index contributed by atoms with van der Waals surface area (Å²) in [4.78, 5) is 19.6. The zero-order chi connectivity index (χ0) is 23.0. The van der Waals surface area contributed by atoms with Crippen LogP contribution in [-0.2, 0) is 9.84 Å². The van der Waals surface area contributed by atoms with Crippen LogP contribution in [-0.4, -0.2) is 39.6 Å². The van der Waals surface area contributed by atoms with Crippen LogP contribution in [0.15, 0.2) is 47.8 Å². The van der Waals surface area contributed by atoms with Crippen LogP contribution in [0.1, 0.15) is 29.1 Å². The van der Waals surface area contributed by atoms with Gasteiger partial charge in [0.2, 0.25) is 0 Å². The zero-order valence-electron chi connectivity index (χ0n) is 15.9. The Morgan fingerprint density at radius 1 is 1.12 bits per heavy atom. The number of nitrogens with one attached hydrogen (secondary N) is 1. The predicted octanol–water partition coefficient (Wildman–Crippen LogP) is 3.87. The summed E-state index contributed by atoms with van der Waals surface area (Å²) in [5, 5.41) is 6.59. The van der Waals surface area contributed by atoms with Gasteiger partial charge in [0.05, 0.1) is 16.0 Å². The summed E-state index contributed by atoms with van der Waals surface area (Å²) < 4.78 is 63.2. The molecule has 8 nitrogen and oxygen atoms in total. The summed E-state index contributed by atoms with van der Waals surface area (Å²) in [7, 11) is -5.68. The Bertz CT molecular complexity index is 1230. The first-order valence-electron chi connectivity index (χ1n) is 8.35. The number of hydrogen-bond donors (Lipinski definition) is 1. The number of sulfone groups is 1. The van der Waals surface area contributed by atoms with E-state index in [1.165, 1.54) is 17.2 Å². The van der Waals surface area contributed by atoms with Crippen LogP contribution in [0.3, 0.4) is 0 Å². The largest absolute Gasteiger partial charge is 0.501 e. The molecule has 1 aromatic carbocycles. The monoisotopic (exact) mass is 527 g/mol. The van der Waals surface area contributed by atoms with Crippen LogP contribution >= 0.6 is 36.7 Å². The van der Waals surface area contributed by atoms with Gasteiger partial charge in [-0.15, -0.1) is 0 Å². The molecule has 0 aliphatic rings. The van der Waals surface area contributed by atoms with Gasteiger partial charge in [-0.2, -0.15) is 36.4 Å². The number of rotatable bonds is 5. The van der Waals surface area contributed by atoms with Crippen LogP contribution in [0.4, 0.5) is 13.2 Å². The van der Waals surface area contributed by atoms with Gasteiger partial charge in [-0.25, -0.2) is 18.4 Å². The molecule has 0 saturated heterocycles. The fourth-order valence-electron chi connectivity index (χ4n) is 2.54. The zero-order valence-corrected chi connectivity index (χ0v) is 19.3. The SMILES string of the molecule is C[C@@H](NC(=O)c1cc(Cl)cc(S(=O)(=O)C(F)(F)F)c1)c1ncnn1-c1ccc(Cl)cn1.S. The van der Waals surface area contributed by atoms with Crippen molar-refractivity contribution >= 4 is 52.4 Å². The molecule has 0 aliphatic heterocycles. The Balaban J connectivity index is 0.00000363. The van der Waals surface area contributed by atoms with Crippen LogP contribution < -0.4 is 5.32 Å². The molecule has 0 aliphatic carbocycles. The van der Waals surface area contributed by atoms with Crippen molar-refractivity contribution in [1.82, 2.24) is 25.1 Å². The molecule has 32 heavy (non-hydrogen) atoms. The van der Waals surface area contributed by atoms with Gasteiger partial charge < -0.3 is 5.32 Å². The minimum absolute atomic E-state index is 0. The lowest BCUT2D eigenvalue weighted by atomic mass is 10.2. The molecule has 1 N–H and O–H groups in total. The van der Waals surface area contributed by atoms with Crippen LogP contribution in [0, 0.1) is 0 Å². The number of nitrogens with zero attached hydrogens (tertiary/aromatic N) is 4. The van der Waals surface area contributed by atoms with Gasteiger partial charge in [0.25, 0.3) is 15.7 Å². The van der Waals surface area contributed by atoms with Gasteiger partial charge in [-0.05, 0) is 37.3 Å². The van der Waals surface area contributed by atoms with E-state index in [9.17, 15) is 26.4 Å². The van der Waals surface area contributed by atoms with E-state index in [4.69, 9.17) is 23.2 Å². The maximum Gasteiger partial charge on any atom is 0.501 e. The van der Waals surface area contributed by atoms with Gasteiger partial charge in [-0.1, -0.05) is 23.2 Å². The molecule has 0 bridgehead atoms. The highest BCUT2D eigenvalue weighted by Gasteiger charge is 2.47. The molecular weight excluding hydrogens is 514 g/mol. The minimum Gasteiger partial charge on any atom is -0.342 e. The Labute approximate surface area is 197 Å². The first kappa shape index (κ1) is 25.9. The fraction of sp³-hybridized carbons (Fsp3) is 0.176. The number of amides is 1. The minimum atomic E-state index is -5.68. The van der Waals surface area contributed by atoms with E-state index >= 15 is 0 Å². The number of hydrogen-bond acceptors (Lipinski definition) is 6. The van der Waals surface area contributed by atoms with E-state index in [1.54, 1.807) is 19.1 Å². The first-order valence-corrected chi connectivity index (χ1v) is 10.6. The third-order valence-corrected chi connectivity index (χ3v) is 5.89. The van der Waals surface area contributed by atoms with E-state index < -0.39 is 32.2 Å². The molecule has 1 atom stereocenters. The number of alkyl halides is 3. The van der Waals surface area contributed by atoms with Crippen LogP contribution in [0.25, 0.3) is 5.82 Å². The van der Waals surface area contributed by atoms with E-state index in [0.717, 1.165) is 6.07 Å². The lowest BCUT2D eigenvalue weighted by Crippen LogP contribution is -2.29. The van der Waals surface area contributed by atoms with Crippen molar-refractivity contribution in [2.45, 2.75) is 23.4 Å². The highest BCUT2D eigenvalue weighted by Crippen LogP contribution is 2.32. The number of carbonyl (C=O) groups is 1. The number of pyridine rings is 1. The number of benzene rings is 1. The summed E-state index contributed by atoms with van der Waals surface area (Å²) >= 11 is 11.6. The Kier molecular flexibility index (Phi) is 7.81. The summed E-state index contributed by atoms with van der Waals surface area (Å²) in [5.74, 6) is -0.250. The molecule has 3 aromatic rings. The number of carbonyl (C=O) groups excluding carboxylic acids is 1. The summed E-state index contributed by atoms with van der Waals surface area (Å²) in [6, 6.07) is 4.63. The molecule has 1 amide bonds. The average Bonchev–Trinajstić information content (AvgIpc) is 3.17. The molecule has 3 rings (SSSR count). The third-order valence-electron chi connectivity index (χ3n) is 3.99. The molecule has 2 aromatic heterocycles. The van der Waals surface area contributed by atoms with Crippen molar-refractivity contribution in [2.75, 3.05) is 0 Å². The molecule has 172 valence electrons. The molecule has 0 spiro atoms. The summed E-state index contributed by atoms with van der Waals surface area (Å²) in [6.45, 7) is 1.55. The molecule has 0 saturated carbocycles. The topological polar surface area (TPSA) is 107 Å². The van der Waals surface area contributed by atoms with Gasteiger partial charge >= 0.3 is 5.51 Å². The first-order chi connectivity index (χ1) is 14.4. The molecule has 15 heteroatoms. The van der Waals surface area contributed by atoms with E-state index in [-0.39, 0.29) is 29.9 Å². The van der Waals surface area contributed by atoms with Gasteiger partial charge in [0.15, 0.2) is 11.6 Å². The highest BCUT2D eigenvalue weighted by atomic mass is 35.5. The maximum atomic E-state index is 12.8. The second kappa shape index (κ2) is 9.65. The van der Waals surface area contributed by atoms with E-state index in [1.807, 2.05) is 0 Å². The smallest absolute Gasteiger partial charge is 0.342 e. The van der Waals surface area contributed by atoms with Gasteiger partial charge in [-0.3, -0.25) is 4.79 Å². The van der Waals surface area contributed by atoms with Crippen LogP contribution in [0.2, 0.25) is 10.0 Å².